The van der Waals surface area contributed by atoms with E-state index >= 15 is 0 Å². The van der Waals surface area contributed by atoms with Gasteiger partial charge in [0.2, 0.25) is 0 Å². The summed E-state index contributed by atoms with van der Waals surface area (Å²) >= 11 is 0. The zero-order valence-electron chi connectivity index (χ0n) is 24.1. The van der Waals surface area contributed by atoms with Gasteiger partial charge in [-0.2, -0.15) is 0 Å². The summed E-state index contributed by atoms with van der Waals surface area (Å²) < 4.78 is 0. The summed E-state index contributed by atoms with van der Waals surface area (Å²) in [4.78, 5) is 28.2. The highest BCUT2D eigenvalue weighted by Gasteiger charge is 2.21. The minimum absolute atomic E-state index is 0.101. The van der Waals surface area contributed by atoms with E-state index in [1.807, 2.05) is 54.6 Å². The van der Waals surface area contributed by atoms with Crippen molar-refractivity contribution in [1.29, 1.82) is 11.1 Å². The third-order valence-electron chi connectivity index (χ3n) is 8.04. The number of benzene rings is 4. The van der Waals surface area contributed by atoms with Gasteiger partial charge >= 0.3 is 0 Å². The van der Waals surface area contributed by atoms with E-state index in [0.29, 0.717) is 23.6 Å². The predicted octanol–water partition coefficient (Wildman–Crippen LogP) is 8.25. The van der Waals surface area contributed by atoms with Crippen LogP contribution in [-0.2, 0) is 13.0 Å². The summed E-state index contributed by atoms with van der Waals surface area (Å²) in [6.07, 6.45) is 5.82. The van der Waals surface area contributed by atoms with Gasteiger partial charge in [-0.25, -0.2) is 11.1 Å². The first-order valence-electron chi connectivity index (χ1n) is 14.7. The first-order chi connectivity index (χ1) is 21.0. The highest BCUT2D eigenvalue weighted by Crippen LogP contribution is 2.34. The fourth-order valence-electron chi connectivity index (χ4n) is 5.63. The zero-order chi connectivity index (χ0) is 30.0. The second-order valence-corrected chi connectivity index (χ2v) is 11.0. The summed E-state index contributed by atoms with van der Waals surface area (Å²) in [5, 5.41) is 8.58. The SMILES string of the molecule is N=NC(N=N)NC(=O)c1ccc(CN(C(=O)c2ccc(Cc3ccccc3)cc2)c2ccc(C3CCCCC3)cc2)cc1. The molecule has 5 rings (SSSR count). The van der Waals surface area contributed by atoms with Gasteiger partial charge in [0, 0.05) is 16.8 Å². The molecule has 3 N–H and O–H groups in total. The van der Waals surface area contributed by atoms with E-state index < -0.39 is 12.2 Å². The third-order valence-corrected chi connectivity index (χ3v) is 8.04. The van der Waals surface area contributed by atoms with E-state index in [0.717, 1.165) is 23.2 Å². The Bertz CT molecular complexity index is 1520. The van der Waals surface area contributed by atoms with E-state index in [1.54, 1.807) is 29.2 Å². The Kier molecular flexibility index (Phi) is 9.79. The van der Waals surface area contributed by atoms with Gasteiger partial charge in [-0.3, -0.25) is 9.59 Å². The largest absolute Gasteiger partial charge is 0.309 e. The molecule has 1 aliphatic rings. The number of carbonyl (C=O) groups is 2. The van der Waals surface area contributed by atoms with Crippen molar-refractivity contribution in [1.82, 2.24) is 5.32 Å². The molecule has 43 heavy (non-hydrogen) atoms. The zero-order valence-corrected chi connectivity index (χ0v) is 24.1. The molecule has 0 saturated heterocycles. The maximum Gasteiger partial charge on any atom is 0.258 e. The van der Waals surface area contributed by atoms with Crippen molar-refractivity contribution in [3.05, 3.63) is 137 Å². The van der Waals surface area contributed by atoms with Gasteiger partial charge in [-0.1, -0.05) is 86.0 Å². The van der Waals surface area contributed by atoms with E-state index in [1.165, 1.54) is 43.2 Å². The van der Waals surface area contributed by atoms with Crippen molar-refractivity contribution < 1.29 is 9.59 Å². The number of carbonyl (C=O) groups excluding carboxylic acids is 2. The number of nitrogens with one attached hydrogen (secondary N) is 3. The van der Waals surface area contributed by atoms with Gasteiger partial charge in [0.1, 0.15) is 0 Å². The Morgan fingerprint density at radius 2 is 1.30 bits per heavy atom. The van der Waals surface area contributed by atoms with Crippen molar-refractivity contribution >= 4 is 17.5 Å². The molecule has 0 aromatic heterocycles. The topological polar surface area (TPSA) is 122 Å². The average Bonchev–Trinajstić information content (AvgIpc) is 3.07. The van der Waals surface area contributed by atoms with Crippen molar-refractivity contribution in [2.45, 2.75) is 57.3 Å². The van der Waals surface area contributed by atoms with Gasteiger partial charge in [-0.15, -0.1) is 10.2 Å². The van der Waals surface area contributed by atoms with Crippen molar-refractivity contribution in [3.63, 3.8) is 0 Å². The maximum atomic E-state index is 14.0. The molecule has 8 heteroatoms. The van der Waals surface area contributed by atoms with Crippen LogP contribution in [0.15, 0.2) is 113 Å². The van der Waals surface area contributed by atoms with Gasteiger partial charge in [-0.05, 0) is 83.8 Å². The summed E-state index contributed by atoms with van der Waals surface area (Å²) in [5.41, 5.74) is 20.3. The number of anilines is 1. The van der Waals surface area contributed by atoms with E-state index in [9.17, 15) is 9.59 Å². The molecule has 0 unspecified atom stereocenters. The van der Waals surface area contributed by atoms with Crippen molar-refractivity contribution in [2.75, 3.05) is 4.90 Å². The molecule has 0 aliphatic heterocycles. The van der Waals surface area contributed by atoms with Crippen LogP contribution >= 0.6 is 0 Å². The summed E-state index contributed by atoms with van der Waals surface area (Å²) in [7, 11) is 0. The van der Waals surface area contributed by atoms with Crippen LogP contribution < -0.4 is 10.2 Å². The van der Waals surface area contributed by atoms with Crippen LogP contribution in [0.4, 0.5) is 5.69 Å². The minimum Gasteiger partial charge on any atom is -0.309 e. The van der Waals surface area contributed by atoms with Crippen molar-refractivity contribution in [2.24, 2.45) is 10.2 Å². The molecular weight excluding hydrogens is 536 g/mol. The number of nitrogens with zero attached hydrogens (tertiary/aromatic N) is 3. The molecule has 0 heterocycles. The molecule has 0 spiro atoms. The number of rotatable bonds is 11. The number of amides is 2. The fourth-order valence-corrected chi connectivity index (χ4v) is 5.63. The lowest BCUT2D eigenvalue weighted by Gasteiger charge is -2.26. The van der Waals surface area contributed by atoms with Crippen LogP contribution in [0.1, 0.15) is 81.0 Å². The van der Waals surface area contributed by atoms with E-state index in [4.69, 9.17) is 11.1 Å². The Balaban J connectivity index is 1.37. The quantitative estimate of drug-likeness (QED) is 0.157. The van der Waals surface area contributed by atoms with Gasteiger partial charge in [0.05, 0.1) is 6.54 Å². The lowest BCUT2D eigenvalue weighted by atomic mass is 9.84. The molecule has 2 amide bonds. The standard InChI is InChI=1S/C35H36N6O2/c36-39-35(40-37)38-33(42)30-15-13-27(14-16-30)24-41(32-21-19-29(20-22-32)28-9-5-2-6-10-28)34(43)31-17-11-26(12-18-31)23-25-7-3-1-4-8-25/h1,3-4,7-8,11-22,28,35-37H,2,5-6,9-10,23-24H2,(H,38,42). The van der Waals surface area contributed by atoms with Gasteiger partial charge < -0.3 is 10.2 Å². The molecule has 1 fully saturated rings. The Labute approximate surface area is 252 Å². The second-order valence-electron chi connectivity index (χ2n) is 11.0. The monoisotopic (exact) mass is 572 g/mol. The second kappa shape index (κ2) is 14.3. The number of hydrogen-bond acceptors (Lipinski definition) is 6. The van der Waals surface area contributed by atoms with Crippen LogP contribution in [0.25, 0.3) is 0 Å². The normalized spacial score (nSPS) is 14.0. The fraction of sp³-hybridized carbons (Fsp3) is 0.257. The molecule has 8 nitrogen and oxygen atoms in total. The van der Waals surface area contributed by atoms with Crippen molar-refractivity contribution in [3.8, 4) is 0 Å². The molecule has 0 radical (unpaired) electrons. The predicted molar refractivity (Wildman–Crippen MR) is 166 cm³/mol. The van der Waals surface area contributed by atoms with Gasteiger partial charge in [0.15, 0.2) is 0 Å². The van der Waals surface area contributed by atoms with E-state index in [2.05, 4.69) is 39.8 Å². The van der Waals surface area contributed by atoms with Gasteiger partial charge in [0.25, 0.3) is 18.1 Å². The van der Waals surface area contributed by atoms with Crippen LogP contribution in [0.5, 0.6) is 0 Å². The van der Waals surface area contributed by atoms with Crippen LogP contribution in [0.3, 0.4) is 0 Å². The Morgan fingerprint density at radius 3 is 1.93 bits per heavy atom. The molecule has 1 aliphatic carbocycles. The molecular formula is C35H36N6O2. The van der Waals surface area contributed by atoms with E-state index in [-0.39, 0.29) is 5.91 Å². The molecule has 218 valence electrons. The lowest BCUT2D eigenvalue weighted by molar-refractivity contribution is 0.0934. The molecule has 4 aromatic carbocycles. The lowest BCUT2D eigenvalue weighted by Crippen LogP contribution is -2.31. The Morgan fingerprint density at radius 1 is 0.721 bits per heavy atom. The maximum absolute atomic E-state index is 14.0. The minimum atomic E-state index is -1.24. The highest BCUT2D eigenvalue weighted by molar-refractivity contribution is 6.06. The third kappa shape index (κ3) is 7.65. The summed E-state index contributed by atoms with van der Waals surface area (Å²) in [6.45, 7) is 0.321. The van der Waals surface area contributed by atoms with Crippen LogP contribution in [0, 0.1) is 11.1 Å². The number of hydrogen-bond donors (Lipinski definition) is 3. The molecule has 0 atom stereocenters. The van der Waals surface area contributed by atoms with Crippen LogP contribution in [0.2, 0.25) is 0 Å². The first kappa shape index (κ1) is 29.5. The average molecular weight is 573 g/mol. The molecule has 4 aromatic rings. The smallest absolute Gasteiger partial charge is 0.258 e. The Hall–Kier alpha value is -4.98. The molecule has 0 bridgehead atoms. The summed E-state index contributed by atoms with van der Waals surface area (Å²) in [5.74, 6) is -0.00562. The molecule has 1 saturated carbocycles. The summed E-state index contributed by atoms with van der Waals surface area (Å²) in [6, 6.07) is 33.4. The first-order valence-corrected chi connectivity index (χ1v) is 14.7. The highest BCUT2D eigenvalue weighted by atomic mass is 16.2. The van der Waals surface area contributed by atoms with Crippen LogP contribution in [-0.4, -0.2) is 18.1 Å².